The number of halogens is 2. The summed E-state index contributed by atoms with van der Waals surface area (Å²) in [6, 6.07) is 3.28. The molecule has 1 aliphatic rings. The van der Waals surface area contributed by atoms with Gasteiger partial charge in [0.15, 0.2) is 17.7 Å². The number of aromatic nitrogens is 2. The normalized spacial score (nSPS) is 16.2. The van der Waals surface area contributed by atoms with Gasteiger partial charge in [-0.15, -0.1) is 0 Å². The van der Waals surface area contributed by atoms with E-state index in [9.17, 15) is 4.39 Å². The molecule has 0 spiro atoms. The second-order valence-electron chi connectivity index (χ2n) is 4.97. The lowest BCUT2D eigenvalue weighted by Gasteiger charge is -2.27. The smallest absolute Gasteiger partial charge is 0.261 e. The summed E-state index contributed by atoms with van der Waals surface area (Å²) in [4.78, 5) is 4.12. The number of nitrogens with one attached hydrogen (secondary N) is 1. The van der Waals surface area contributed by atoms with Crippen molar-refractivity contribution in [3.63, 3.8) is 0 Å². The van der Waals surface area contributed by atoms with E-state index >= 15 is 0 Å². The second-order valence-corrected chi connectivity index (χ2v) is 5.38. The Kier molecular flexibility index (Phi) is 4.17. The Balaban J connectivity index is 1.91. The number of alkyl halides is 1. The Hall–Kier alpha value is -1.86. The fraction of sp³-hybridized carbons (Fsp3) is 0.429. The van der Waals surface area contributed by atoms with Crippen molar-refractivity contribution in [1.82, 2.24) is 15.5 Å². The number of hydrogen-bond donors (Lipinski definition) is 1. The fourth-order valence-electron chi connectivity index (χ4n) is 2.23. The van der Waals surface area contributed by atoms with Gasteiger partial charge < -0.3 is 19.3 Å². The van der Waals surface area contributed by atoms with E-state index in [1.54, 1.807) is 12.1 Å². The van der Waals surface area contributed by atoms with Crippen LogP contribution in [0.5, 0.6) is 11.5 Å². The van der Waals surface area contributed by atoms with Crippen LogP contribution in [0.25, 0.3) is 11.4 Å². The van der Waals surface area contributed by atoms with Crippen molar-refractivity contribution in [2.75, 3.05) is 27.3 Å². The summed E-state index contributed by atoms with van der Waals surface area (Å²) in [6.45, 7) is 1.22. The average Bonchev–Trinajstić information content (AvgIpc) is 2.94. The van der Waals surface area contributed by atoms with Crippen LogP contribution in [-0.4, -0.2) is 37.4 Å². The van der Waals surface area contributed by atoms with Crippen LogP contribution in [-0.2, 0) is 0 Å². The first-order valence-electron chi connectivity index (χ1n) is 6.74. The van der Waals surface area contributed by atoms with Crippen LogP contribution in [0.1, 0.15) is 12.1 Å². The molecule has 0 aliphatic carbocycles. The molecular formula is C14H15ClFN3O3. The largest absolute Gasteiger partial charge is 0.493 e. The van der Waals surface area contributed by atoms with Crippen molar-refractivity contribution in [3.8, 4) is 22.9 Å². The fourth-order valence-corrected chi connectivity index (χ4v) is 2.52. The third-order valence-corrected chi connectivity index (χ3v) is 3.88. The molecule has 8 heteroatoms. The SMILES string of the molecule is COc1cc(-c2noc(C(F)C3CNC3)n2)cc(Cl)c1OC. The highest BCUT2D eigenvalue weighted by Crippen LogP contribution is 2.39. The van der Waals surface area contributed by atoms with E-state index in [4.69, 9.17) is 25.6 Å². The molecule has 1 aromatic heterocycles. The van der Waals surface area contributed by atoms with E-state index in [2.05, 4.69) is 15.5 Å². The number of benzene rings is 1. The predicted octanol–water partition coefficient (Wildman–Crippen LogP) is 2.64. The molecule has 1 fully saturated rings. The Morgan fingerprint density at radius 3 is 2.73 bits per heavy atom. The van der Waals surface area contributed by atoms with Crippen molar-refractivity contribution in [1.29, 1.82) is 0 Å². The maximum absolute atomic E-state index is 14.1. The van der Waals surface area contributed by atoms with E-state index < -0.39 is 6.17 Å². The molecule has 2 heterocycles. The lowest BCUT2D eigenvalue weighted by molar-refractivity contribution is 0.133. The van der Waals surface area contributed by atoms with Crippen LogP contribution < -0.4 is 14.8 Å². The molecule has 118 valence electrons. The first-order chi connectivity index (χ1) is 10.6. The monoisotopic (exact) mass is 327 g/mol. The molecule has 22 heavy (non-hydrogen) atoms. The zero-order valence-corrected chi connectivity index (χ0v) is 12.9. The Labute approximate surface area is 131 Å². The van der Waals surface area contributed by atoms with Gasteiger partial charge in [0.1, 0.15) is 0 Å². The molecule has 1 aliphatic heterocycles. The summed E-state index contributed by atoms with van der Waals surface area (Å²) in [6.07, 6.45) is -1.27. The molecule has 2 aromatic rings. The van der Waals surface area contributed by atoms with Crippen LogP contribution in [0.15, 0.2) is 16.7 Å². The predicted molar refractivity (Wildman–Crippen MR) is 78.1 cm³/mol. The van der Waals surface area contributed by atoms with Gasteiger partial charge in [-0.3, -0.25) is 0 Å². The molecule has 6 nitrogen and oxygen atoms in total. The third kappa shape index (κ3) is 2.62. The first kappa shape index (κ1) is 15.1. The molecule has 0 bridgehead atoms. The van der Waals surface area contributed by atoms with Gasteiger partial charge in [-0.2, -0.15) is 4.98 Å². The van der Waals surface area contributed by atoms with Crippen molar-refractivity contribution in [2.45, 2.75) is 6.17 Å². The molecule has 1 N–H and O–H groups in total. The number of hydrogen-bond acceptors (Lipinski definition) is 6. The van der Waals surface area contributed by atoms with Gasteiger partial charge in [-0.1, -0.05) is 16.8 Å². The number of ether oxygens (including phenoxy) is 2. The molecule has 3 rings (SSSR count). The maximum atomic E-state index is 14.1. The van der Waals surface area contributed by atoms with Gasteiger partial charge in [-0.25, -0.2) is 4.39 Å². The van der Waals surface area contributed by atoms with Gasteiger partial charge >= 0.3 is 0 Å². The summed E-state index contributed by atoms with van der Waals surface area (Å²) >= 11 is 6.14. The van der Waals surface area contributed by atoms with Gasteiger partial charge in [0.05, 0.1) is 19.2 Å². The highest BCUT2D eigenvalue weighted by molar-refractivity contribution is 6.32. The first-order valence-corrected chi connectivity index (χ1v) is 7.12. The summed E-state index contributed by atoms with van der Waals surface area (Å²) in [5.41, 5.74) is 0.566. The van der Waals surface area contributed by atoms with Crippen LogP contribution in [0, 0.1) is 5.92 Å². The average molecular weight is 328 g/mol. The minimum atomic E-state index is -1.27. The highest BCUT2D eigenvalue weighted by atomic mass is 35.5. The van der Waals surface area contributed by atoms with Crippen LogP contribution >= 0.6 is 11.6 Å². The molecule has 0 saturated carbocycles. The molecule has 1 aromatic carbocycles. The van der Waals surface area contributed by atoms with Crippen LogP contribution in [0.4, 0.5) is 4.39 Å². The van der Waals surface area contributed by atoms with E-state index in [-0.39, 0.29) is 17.6 Å². The zero-order chi connectivity index (χ0) is 15.7. The van der Waals surface area contributed by atoms with Crippen molar-refractivity contribution >= 4 is 11.6 Å². The number of rotatable bonds is 5. The van der Waals surface area contributed by atoms with E-state index in [1.807, 2.05) is 0 Å². The topological polar surface area (TPSA) is 69.4 Å². The van der Waals surface area contributed by atoms with Crippen LogP contribution in [0.2, 0.25) is 5.02 Å². The van der Waals surface area contributed by atoms with Crippen molar-refractivity contribution in [3.05, 3.63) is 23.0 Å². The van der Waals surface area contributed by atoms with Crippen molar-refractivity contribution < 1.29 is 18.4 Å². The summed E-state index contributed by atoms with van der Waals surface area (Å²) in [5.74, 6) is 0.972. The molecule has 0 radical (unpaired) electrons. The minimum absolute atomic E-state index is 0.0209. The van der Waals surface area contributed by atoms with Gasteiger partial charge in [-0.05, 0) is 12.1 Å². The van der Waals surface area contributed by atoms with Gasteiger partial charge in [0.25, 0.3) is 5.89 Å². The number of methoxy groups -OCH3 is 2. The van der Waals surface area contributed by atoms with Gasteiger partial charge in [0, 0.05) is 24.6 Å². The molecular weight excluding hydrogens is 313 g/mol. The van der Waals surface area contributed by atoms with E-state index in [0.29, 0.717) is 35.2 Å². The van der Waals surface area contributed by atoms with E-state index in [1.165, 1.54) is 14.2 Å². The standard InChI is InChI=1S/C14H15ClFN3O3/c1-20-10-4-7(3-9(15)12(10)21-2)13-18-14(22-19-13)11(16)8-5-17-6-8/h3-4,8,11,17H,5-6H2,1-2H3. The zero-order valence-electron chi connectivity index (χ0n) is 12.1. The Bertz CT molecular complexity index is 675. The second kappa shape index (κ2) is 6.10. The third-order valence-electron chi connectivity index (χ3n) is 3.60. The molecule has 1 unspecified atom stereocenters. The Morgan fingerprint density at radius 2 is 2.14 bits per heavy atom. The summed E-state index contributed by atoms with van der Waals surface area (Å²) < 4.78 is 29.6. The lowest BCUT2D eigenvalue weighted by atomic mass is 9.97. The van der Waals surface area contributed by atoms with Gasteiger partial charge in [0.2, 0.25) is 5.82 Å². The lowest BCUT2D eigenvalue weighted by Crippen LogP contribution is -2.44. The molecule has 0 amide bonds. The summed E-state index contributed by atoms with van der Waals surface area (Å²) in [7, 11) is 3.00. The Morgan fingerprint density at radius 1 is 1.36 bits per heavy atom. The minimum Gasteiger partial charge on any atom is -0.493 e. The quantitative estimate of drug-likeness (QED) is 0.910. The van der Waals surface area contributed by atoms with E-state index in [0.717, 1.165) is 0 Å². The molecule has 1 saturated heterocycles. The van der Waals surface area contributed by atoms with Crippen LogP contribution in [0.3, 0.4) is 0 Å². The highest BCUT2D eigenvalue weighted by Gasteiger charge is 2.32. The summed E-state index contributed by atoms with van der Waals surface area (Å²) in [5, 5.41) is 7.18. The number of nitrogens with zero attached hydrogens (tertiary/aromatic N) is 2. The van der Waals surface area contributed by atoms with Crippen molar-refractivity contribution in [2.24, 2.45) is 5.92 Å². The molecule has 1 atom stereocenters. The maximum Gasteiger partial charge on any atom is 0.261 e.